The number of amides is 1. The molecular formula is C12H17FN6O. The summed E-state index contributed by atoms with van der Waals surface area (Å²) in [4.78, 5) is 19.0. The Morgan fingerprint density at radius 1 is 1.30 bits per heavy atom. The van der Waals surface area contributed by atoms with Gasteiger partial charge in [0.15, 0.2) is 5.96 Å². The lowest BCUT2D eigenvalue weighted by atomic mass is 10.2. The molecule has 0 saturated carbocycles. The topological polar surface area (TPSA) is 132 Å². The molecule has 1 aromatic rings. The number of rotatable bonds is 3. The lowest BCUT2D eigenvalue weighted by Gasteiger charge is -2.09. The summed E-state index contributed by atoms with van der Waals surface area (Å²) in [6, 6.07) is 3.89. The van der Waals surface area contributed by atoms with Gasteiger partial charge in [-0.2, -0.15) is 4.99 Å². The van der Waals surface area contributed by atoms with Gasteiger partial charge in [-0.05, 0) is 18.2 Å². The molecule has 0 heterocycles. The fraction of sp³-hybridized carbons (Fsp3) is 0.250. The molecule has 0 aliphatic rings. The minimum absolute atomic E-state index is 0.0162. The van der Waals surface area contributed by atoms with Crippen molar-refractivity contribution in [2.24, 2.45) is 33.1 Å². The third-order valence-corrected chi connectivity index (χ3v) is 2.22. The Labute approximate surface area is 115 Å². The lowest BCUT2D eigenvalue weighted by molar-refractivity contribution is -0.118. The van der Waals surface area contributed by atoms with E-state index >= 15 is 0 Å². The molecule has 1 amide bonds. The number of carbonyl (C=O) groups excluding carboxylic acids is 1. The van der Waals surface area contributed by atoms with Crippen LogP contribution < -0.4 is 22.5 Å². The summed E-state index contributed by atoms with van der Waals surface area (Å²) in [5.41, 5.74) is 16.1. The van der Waals surface area contributed by atoms with Gasteiger partial charge in [0.2, 0.25) is 11.9 Å². The number of nitrogens with two attached hydrogens (primary N) is 3. The van der Waals surface area contributed by atoms with Gasteiger partial charge < -0.3 is 22.5 Å². The fourth-order valence-electron chi connectivity index (χ4n) is 1.25. The van der Waals surface area contributed by atoms with Crippen LogP contribution >= 0.6 is 0 Å². The molecule has 0 unspecified atom stereocenters. The fourth-order valence-corrected chi connectivity index (χ4v) is 1.25. The van der Waals surface area contributed by atoms with Crippen molar-refractivity contribution in [3.63, 3.8) is 0 Å². The average Bonchev–Trinajstić information content (AvgIpc) is 2.32. The molecule has 7 nitrogen and oxygen atoms in total. The molecule has 1 aromatic carbocycles. The van der Waals surface area contributed by atoms with Gasteiger partial charge in [0, 0.05) is 5.92 Å². The van der Waals surface area contributed by atoms with E-state index in [9.17, 15) is 9.18 Å². The molecule has 20 heavy (non-hydrogen) atoms. The maximum atomic E-state index is 13.6. The van der Waals surface area contributed by atoms with Crippen molar-refractivity contribution in [2.45, 2.75) is 13.8 Å². The van der Waals surface area contributed by atoms with Crippen molar-refractivity contribution in [3.8, 4) is 0 Å². The van der Waals surface area contributed by atoms with Gasteiger partial charge in [0.05, 0.1) is 11.4 Å². The van der Waals surface area contributed by atoms with Gasteiger partial charge in [-0.25, -0.2) is 9.38 Å². The number of carbonyl (C=O) groups is 1. The van der Waals surface area contributed by atoms with Gasteiger partial charge >= 0.3 is 0 Å². The van der Waals surface area contributed by atoms with E-state index in [2.05, 4.69) is 15.3 Å². The number of aliphatic imine (C=N–C) groups is 2. The molecule has 0 aromatic heterocycles. The Hall–Kier alpha value is -2.64. The maximum absolute atomic E-state index is 13.6. The number of nitrogens with one attached hydrogen (secondary N) is 1. The van der Waals surface area contributed by atoms with Gasteiger partial charge in [-0.15, -0.1) is 0 Å². The van der Waals surface area contributed by atoms with E-state index < -0.39 is 5.82 Å². The van der Waals surface area contributed by atoms with Gasteiger partial charge in [-0.1, -0.05) is 13.8 Å². The molecule has 0 fully saturated rings. The second kappa shape index (κ2) is 6.50. The predicted molar refractivity (Wildman–Crippen MR) is 77.0 cm³/mol. The number of nitrogens with zero attached hydrogens (tertiary/aromatic N) is 2. The minimum Gasteiger partial charge on any atom is -0.370 e. The third kappa shape index (κ3) is 4.56. The first kappa shape index (κ1) is 15.4. The van der Waals surface area contributed by atoms with Crippen molar-refractivity contribution >= 4 is 29.2 Å². The number of anilines is 1. The summed E-state index contributed by atoms with van der Waals surface area (Å²) in [5, 5.41) is 2.45. The van der Waals surface area contributed by atoms with Crippen LogP contribution in [0.1, 0.15) is 13.8 Å². The zero-order chi connectivity index (χ0) is 15.3. The molecule has 0 spiro atoms. The van der Waals surface area contributed by atoms with Crippen molar-refractivity contribution < 1.29 is 9.18 Å². The summed E-state index contributed by atoms with van der Waals surface area (Å²) in [7, 11) is 0. The summed E-state index contributed by atoms with van der Waals surface area (Å²) in [6.45, 7) is 3.40. The van der Waals surface area contributed by atoms with Crippen molar-refractivity contribution in [1.29, 1.82) is 0 Å². The van der Waals surface area contributed by atoms with Crippen LogP contribution in [0.2, 0.25) is 0 Å². The molecule has 0 aliphatic heterocycles. The summed E-state index contributed by atoms with van der Waals surface area (Å²) >= 11 is 0. The van der Waals surface area contributed by atoms with Crippen LogP contribution in [-0.2, 0) is 4.79 Å². The van der Waals surface area contributed by atoms with Crippen LogP contribution in [0.25, 0.3) is 0 Å². The Kier molecular flexibility index (Phi) is 5.01. The Balaban J connectivity index is 3.03. The summed E-state index contributed by atoms with van der Waals surface area (Å²) in [5.74, 6) is -1.55. The van der Waals surface area contributed by atoms with Crippen molar-refractivity contribution in [3.05, 3.63) is 24.0 Å². The molecule has 108 valence electrons. The number of guanidine groups is 2. The Bertz CT molecular complexity index is 563. The van der Waals surface area contributed by atoms with Crippen molar-refractivity contribution in [2.75, 3.05) is 5.32 Å². The first-order chi connectivity index (χ1) is 9.29. The highest BCUT2D eigenvalue weighted by Gasteiger charge is 2.11. The first-order valence-electron chi connectivity index (χ1n) is 5.83. The normalized spacial score (nSPS) is 11.3. The second-order valence-corrected chi connectivity index (χ2v) is 4.31. The molecular weight excluding hydrogens is 263 g/mol. The molecule has 0 bridgehead atoms. The highest BCUT2D eigenvalue weighted by molar-refractivity contribution is 5.94. The van der Waals surface area contributed by atoms with Crippen LogP contribution in [0.5, 0.6) is 0 Å². The zero-order valence-corrected chi connectivity index (χ0v) is 11.2. The minimum atomic E-state index is -0.571. The van der Waals surface area contributed by atoms with Crippen molar-refractivity contribution in [1.82, 2.24) is 0 Å². The average molecular weight is 280 g/mol. The maximum Gasteiger partial charge on any atom is 0.227 e. The van der Waals surface area contributed by atoms with E-state index in [-0.39, 0.29) is 29.4 Å². The largest absolute Gasteiger partial charge is 0.370 e. The van der Waals surface area contributed by atoms with Crippen LogP contribution in [0.3, 0.4) is 0 Å². The zero-order valence-electron chi connectivity index (χ0n) is 11.2. The number of halogens is 1. The predicted octanol–water partition coefficient (Wildman–Crippen LogP) is 0.640. The van der Waals surface area contributed by atoms with Crippen LogP contribution in [0.4, 0.5) is 15.8 Å². The summed E-state index contributed by atoms with van der Waals surface area (Å²) in [6.07, 6.45) is 0. The van der Waals surface area contributed by atoms with E-state index in [0.29, 0.717) is 5.69 Å². The van der Waals surface area contributed by atoms with E-state index in [1.165, 1.54) is 12.1 Å². The molecule has 0 saturated heterocycles. The van der Waals surface area contributed by atoms with E-state index in [0.717, 1.165) is 6.07 Å². The highest BCUT2D eigenvalue weighted by atomic mass is 19.1. The smallest absolute Gasteiger partial charge is 0.227 e. The monoisotopic (exact) mass is 280 g/mol. The standard InChI is InChI=1S/C12H17FN6O/c1-6(2)10(20)18-9-5-7(3-4-8(9)13)17-12(16)19-11(14)15/h3-6H,1-2H3,(H,18,20)(H6,14,15,16,17,19). The SMILES string of the molecule is CC(C)C(=O)Nc1cc(N=C(N)N=C(N)N)ccc1F. The highest BCUT2D eigenvalue weighted by Crippen LogP contribution is 2.22. The van der Waals surface area contributed by atoms with E-state index in [1.807, 2.05) is 0 Å². The summed E-state index contributed by atoms with van der Waals surface area (Å²) < 4.78 is 13.6. The van der Waals surface area contributed by atoms with Gasteiger partial charge in [-0.3, -0.25) is 4.79 Å². The molecule has 8 heteroatoms. The first-order valence-corrected chi connectivity index (χ1v) is 5.83. The molecule has 1 rings (SSSR count). The number of benzene rings is 1. The number of hydrogen-bond acceptors (Lipinski definition) is 2. The lowest BCUT2D eigenvalue weighted by Crippen LogP contribution is -2.26. The Morgan fingerprint density at radius 3 is 2.50 bits per heavy atom. The quantitative estimate of drug-likeness (QED) is 0.477. The third-order valence-electron chi connectivity index (χ3n) is 2.22. The van der Waals surface area contributed by atoms with E-state index in [4.69, 9.17) is 17.2 Å². The van der Waals surface area contributed by atoms with E-state index in [1.54, 1.807) is 13.8 Å². The van der Waals surface area contributed by atoms with Crippen LogP contribution in [-0.4, -0.2) is 17.8 Å². The van der Waals surface area contributed by atoms with Crippen LogP contribution in [0, 0.1) is 11.7 Å². The van der Waals surface area contributed by atoms with Gasteiger partial charge in [0.25, 0.3) is 0 Å². The Morgan fingerprint density at radius 2 is 1.95 bits per heavy atom. The molecule has 0 aliphatic carbocycles. The molecule has 7 N–H and O–H groups in total. The number of hydrogen-bond donors (Lipinski definition) is 4. The second-order valence-electron chi connectivity index (χ2n) is 4.31. The van der Waals surface area contributed by atoms with Crippen LogP contribution in [0.15, 0.2) is 28.2 Å². The molecule has 0 radical (unpaired) electrons. The molecule has 0 atom stereocenters. The van der Waals surface area contributed by atoms with Gasteiger partial charge in [0.1, 0.15) is 5.82 Å².